The normalized spacial score (nSPS) is 25.2. The van der Waals surface area contributed by atoms with Gasteiger partial charge in [0.15, 0.2) is 0 Å². The molecule has 1 saturated heterocycles. The molecule has 2 heteroatoms. The third-order valence-electron chi connectivity index (χ3n) is 4.96. The number of likely N-dealkylation sites (tertiary alicyclic amines) is 1. The molecule has 0 aliphatic carbocycles. The van der Waals surface area contributed by atoms with Crippen LogP contribution in [0, 0.1) is 5.92 Å². The largest absolute Gasteiger partial charge is 0.312 e. The summed E-state index contributed by atoms with van der Waals surface area (Å²) in [6.45, 7) is 8.37. The first-order valence-electron chi connectivity index (χ1n) is 7.87. The van der Waals surface area contributed by atoms with E-state index in [1.807, 2.05) is 0 Å². The molecule has 3 rings (SSSR count). The van der Waals surface area contributed by atoms with Crippen molar-refractivity contribution >= 4 is 0 Å². The second kappa shape index (κ2) is 6.06. The molecule has 2 nitrogen and oxygen atoms in total. The van der Waals surface area contributed by atoms with Crippen molar-refractivity contribution in [1.82, 2.24) is 10.2 Å². The first-order chi connectivity index (χ1) is 9.36. The Morgan fingerprint density at radius 3 is 2.79 bits per heavy atom. The maximum Gasteiger partial charge on any atom is 0.0208 e. The molecular weight excluding hydrogens is 232 g/mol. The highest BCUT2D eigenvalue weighted by Gasteiger charge is 2.24. The zero-order valence-electron chi connectivity index (χ0n) is 12.1. The van der Waals surface area contributed by atoms with E-state index in [2.05, 4.69) is 41.4 Å². The number of piperidine rings is 1. The molecule has 2 aliphatic rings. The highest BCUT2D eigenvalue weighted by atomic mass is 15.1. The molecule has 1 aromatic carbocycles. The molecule has 2 heterocycles. The minimum absolute atomic E-state index is 0.683. The molecule has 1 aromatic rings. The molecule has 1 unspecified atom stereocenters. The highest BCUT2D eigenvalue weighted by molar-refractivity contribution is 5.32. The number of nitrogens with one attached hydrogen (secondary N) is 1. The average molecular weight is 258 g/mol. The first-order valence-corrected chi connectivity index (χ1v) is 7.87. The lowest BCUT2D eigenvalue weighted by molar-refractivity contribution is 0.170. The fourth-order valence-electron chi connectivity index (χ4n) is 3.64. The van der Waals surface area contributed by atoms with E-state index in [1.165, 1.54) is 44.5 Å². The standard InChI is InChI=1S/C17H26N2/c1-2-14-7-9-19(10-8-14)13-16-12-18-11-15-5-3-4-6-17(15)16/h3-6,14,16,18H,2,7-13H2,1H3. The minimum atomic E-state index is 0.683. The third kappa shape index (κ3) is 3.01. The Hall–Kier alpha value is -0.860. The minimum Gasteiger partial charge on any atom is -0.312 e. The summed E-state index contributed by atoms with van der Waals surface area (Å²) in [6, 6.07) is 8.97. The van der Waals surface area contributed by atoms with Crippen molar-refractivity contribution in [2.45, 2.75) is 38.6 Å². The number of hydrogen-bond donors (Lipinski definition) is 1. The van der Waals surface area contributed by atoms with Crippen molar-refractivity contribution in [3.63, 3.8) is 0 Å². The van der Waals surface area contributed by atoms with E-state index in [4.69, 9.17) is 0 Å². The Bertz CT molecular complexity index is 407. The monoisotopic (exact) mass is 258 g/mol. The predicted octanol–water partition coefficient (Wildman–Crippen LogP) is 3.00. The molecule has 0 aromatic heterocycles. The lowest BCUT2D eigenvalue weighted by atomic mass is 9.89. The second-order valence-electron chi connectivity index (χ2n) is 6.18. The van der Waals surface area contributed by atoms with Crippen LogP contribution in [0.25, 0.3) is 0 Å². The molecule has 2 aliphatic heterocycles. The smallest absolute Gasteiger partial charge is 0.0208 e. The van der Waals surface area contributed by atoms with Gasteiger partial charge in [-0.05, 0) is 43.0 Å². The van der Waals surface area contributed by atoms with Crippen LogP contribution in [-0.2, 0) is 6.54 Å². The molecule has 1 fully saturated rings. The van der Waals surface area contributed by atoms with E-state index in [-0.39, 0.29) is 0 Å². The molecular formula is C17H26N2. The average Bonchev–Trinajstić information content (AvgIpc) is 2.48. The van der Waals surface area contributed by atoms with Gasteiger partial charge in [-0.1, -0.05) is 37.6 Å². The molecule has 1 atom stereocenters. The molecule has 0 bridgehead atoms. The first kappa shape index (κ1) is 13.1. The van der Waals surface area contributed by atoms with Crippen LogP contribution in [0.15, 0.2) is 24.3 Å². The summed E-state index contributed by atoms with van der Waals surface area (Å²) >= 11 is 0. The van der Waals surface area contributed by atoms with Crippen LogP contribution in [0.5, 0.6) is 0 Å². The third-order valence-corrected chi connectivity index (χ3v) is 4.96. The van der Waals surface area contributed by atoms with E-state index in [9.17, 15) is 0 Å². The molecule has 0 spiro atoms. The summed E-state index contributed by atoms with van der Waals surface area (Å²) < 4.78 is 0. The highest BCUT2D eigenvalue weighted by Crippen LogP contribution is 2.27. The maximum atomic E-state index is 3.57. The number of nitrogens with zero attached hydrogens (tertiary/aromatic N) is 1. The van der Waals surface area contributed by atoms with Crippen LogP contribution < -0.4 is 5.32 Å². The van der Waals surface area contributed by atoms with Crippen molar-refractivity contribution in [3.05, 3.63) is 35.4 Å². The Kier molecular flexibility index (Phi) is 4.19. The van der Waals surface area contributed by atoms with Crippen LogP contribution in [0.4, 0.5) is 0 Å². The summed E-state index contributed by atoms with van der Waals surface area (Å²) in [4.78, 5) is 2.68. The zero-order valence-corrected chi connectivity index (χ0v) is 12.1. The van der Waals surface area contributed by atoms with E-state index < -0.39 is 0 Å². The molecule has 104 valence electrons. The van der Waals surface area contributed by atoms with Gasteiger partial charge in [0, 0.05) is 25.6 Å². The summed E-state index contributed by atoms with van der Waals surface area (Å²) in [5.74, 6) is 1.66. The Morgan fingerprint density at radius 1 is 1.21 bits per heavy atom. The van der Waals surface area contributed by atoms with Gasteiger partial charge >= 0.3 is 0 Å². The van der Waals surface area contributed by atoms with E-state index in [1.54, 1.807) is 5.56 Å². The quantitative estimate of drug-likeness (QED) is 0.896. The van der Waals surface area contributed by atoms with Crippen LogP contribution in [0.3, 0.4) is 0 Å². The summed E-state index contributed by atoms with van der Waals surface area (Å²) in [7, 11) is 0. The number of rotatable bonds is 3. The molecule has 0 saturated carbocycles. The lowest BCUT2D eigenvalue weighted by Gasteiger charge is -2.36. The van der Waals surface area contributed by atoms with Crippen molar-refractivity contribution in [2.75, 3.05) is 26.2 Å². The van der Waals surface area contributed by atoms with Crippen LogP contribution in [0.2, 0.25) is 0 Å². The molecule has 1 N–H and O–H groups in total. The van der Waals surface area contributed by atoms with Crippen molar-refractivity contribution in [3.8, 4) is 0 Å². The molecule has 19 heavy (non-hydrogen) atoms. The summed E-state index contributed by atoms with van der Waals surface area (Å²) in [5.41, 5.74) is 3.08. The van der Waals surface area contributed by atoms with Crippen molar-refractivity contribution in [2.24, 2.45) is 5.92 Å². The van der Waals surface area contributed by atoms with Gasteiger partial charge in [-0.15, -0.1) is 0 Å². The van der Waals surface area contributed by atoms with Crippen LogP contribution in [-0.4, -0.2) is 31.1 Å². The molecule has 0 amide bonds. The zero-order chi connectivity index (χ0) is 13.1. The van der Waals surface area contributed by atoms with Gasteiger partial charge in [0.05, 0.1) is 0 Å². The fourth-order valence-corrected chi connectivity index (χ4v) is 3.64. The van der Waals surface area contributed by atoms with E-state index in [0.29, 0.717) is 5.92 Å². The fraction of sp³-hybridized carbons (Fsp3) is 0.647. The van der Waals surface area contributed by atoms with Gasteiger partial charge in [0.25, 0.3) is 0 Å². The second-order valence-corrected chi connectivity index (χ2v) is 6.18. The van der Waals surface area contributed by atoms with Gasteiger partial charge in [-0.3, -0.25) is 0 Å². The SMILES string of the molecule is CCC1CCN(CC2CNCc3ccccc32)CC1. The Balaban J connectivity index is 1.62. The summed E-state index contributed by atoms with van der Waals surface area (Å²) in [6.07, 6.45) is 4.16. The Labute approximate surface area is 117 Å². The van der Waals surface area contributed by atoms with Gasteiger partial charge in [-0.2, -0.15) is 0 Å². The van der Waals surface area contributed by atoms with E-state index in [0.717, 1.165) is 19.0 Å². The van der Waals surface area contributed by atoms with Gasteiger partial charge in [-0.25, -0.2) is 0 Å². The van der Waals surface area contributed by atoms with Crippen molar-refractivity contribution in [1.29, 1.82) is 0 Å². The molecule has 0 radical (unpaired) electrons. The van der Waals surface area contributed by atoms with E-state index >= 15 is 0 Å². The van der Waals surface area contributed by atoms with Gasteiger partial charge in [0.1, 0.15) is 0 Å². The Morgan fingerprint density at radius 2 is 2.00 bits per heavy atom. The van der Waals surface area contributed by atoms with Gasteiger partial charge in [0.2, 0.25) is 0 Å². The number of benzene rings is 1. The maximum absolute atomic E-state index is 3.57. The number of fused-ring (bicyclic) bond motifs is 1. The van der Waals surface area contributed by atoms with Crippen LogP contribution >= 0.6 is 0 Å². The predicted molar refractivity (Wildman–Crippen MR) is 80.3 cm³/mol. The van der Waals surface area contributed by atoms with Crippen molar-refractivity contribution < 1.29 is 0 Å². The lowest BCUT2D eigenvalue weighted by Crippen LogP contribution is -2.40. The van der Waals surface area contributed by atoms with Crippen LogP contribution in [0.1, 0.15) is 43.2 Å². The number of hydrogen-bond acceptors (Lipinski definition) is 2. The van der Waals surface area contributed by atoms with Gasteiger partial charge < -0.3 is 10.2 Å². The topological polar surface area (TPSA) is 15.3 Å². The summed E-state index contributed by atoms with van der Waals surface area (Å²) in [5, 5.41) is 3.57.